The normalized spacial score (nSPS) is 24.6. The molecular formula is C24H28ClF5N4O5S. The number of alkyl halides is 5. The maximum Gasteiger partial charge on any atom is 0.573 e. The fourth-order valence-electron chi connectivity index (χ4n) is 4.70. The van der Waals surface area contributed by atoms with Crippen LogP contribution < -0.4 is 15.6 Å². The highest BCUT2D eigenvalue weighted by atomic mass is 35.5. The van der Waals surface area contributed by atoms with E-state index in [1.807, 2.05) is 0 Å². The van der Waals surface area contributed by atoms with Gasteiger partial charge in [0.05, 0.1) is 31.1 Å². The predicted octanol–water partition coefficient (Wildman–Crippen LogP) is 4.26. The highest BCUT2D eigenvalue weighted by Gasteiger charge is 2.41. The third kappa shape index (κ3) is 6.69. The molecule has 0 unspecified atom stereocenters. The lowest BCUT2D eigenvalue weighted by molar-refractivity contribution is -0.275. The summed E-state index contributed by atoms with van der Waals surface area (Å²) in [5.74, 6) is -0.926. The molecule has 0 radical (unpaired) electrons. The number of nitrogens with one attached hydrogen (secondary N) is 1. The van der Waals surface area contributed by atoms with Gasteiger partial charge in [-0.15, -0.1) is 13.2 Å². The lowest BCUT2D eigenvalue weighted by atomic mass is 9.99. The fraction of sp³-hybridized carbons (Fsp3) is 0.583. The molecule has 222 valence electrons. The zero-order valence-electron chi connectivity index (χ0n) is 21.4. The molecule has 16 heteroatoms. The summed E-state index contributed by atoms with van der Waals surface area (Å²) < 4.78 is 106. The van der Waals surface area contributed by atoms with Gasteiger partial charge in [0, 0.05) is 19.7 Å². The van der Waals surface area contributed by atoms with Crippen LogP contribution in [0.15, 0.2) is 34.1 Å². The number of anilines is 1. The third-order valence-electron chi connectivity index (χ3n) is 6.86. The molecule has 2 saturated heterocycles. The first kappa shape index (κ1) is 30.5. The van der Waals surface area contributed by atoms with Crippen LogP contribution in [0.3, 0.4) is 0 Å². The van der Waals surface area contributed by atoms with Crippen LogP contribution in [-0.4, -0.2) is 73.6 Å². The van der Waals surface area contributed by atoms with Gasteiger partial charge in [0.2, 0.25) is 10.0 Å². The maximum atomic E-state index is 15.4. The molecule has 40 heavy (non-hydrogen) atoms. The number of piperidine rings is 1. The van der Waals surface area contributed by atoms with Gasteiger partial charge in [0.15, 0.2) is 5.67 Å². The lowest BCUT2D eigenvalue weighted by Crippen LogP contribution is -2.48. The molecule has 2 aliphatic rings. The molecule has 4 rings (SSSR count). The summed E-state index contributed by atoms with van der Waals surface area (Å²) in [6.07, 6.45) is -5.01. The number of benzene rings is 1. The van der Waals surface area contributed by atoms with Gasteiger partial charge >= 0.3 is 6.36 Å². The Labute approximate surface area is 232 Å². The molecule has 2 aliphatic heterocycles. The number of halogens is 6. The number of sulfonamides is 1. The number of ether oxygens (including phenoxy) is 2. The third-order valence-corrected chi connectivity index (χ3v) is 9.11. The molecule has 3 heterocycles. The van der Waals surface area contributed by atoms with Crippen molar-refractivity contribution in [1.29, 1.82) is 0 Å². The van der Waals surface area contributed by atoms with Crippen LogP contribution >= 0.6 is 11.6 Å². The highest BCUT2D eigenvalue weighted by Crippen LogP contribution is 2.35. The smallest absolute Gasteiger partial charge is 0.404 e. The van der Waals surface area contributed by atoms with Crippen molar-refractivity contribution in [3.8, 4) is 5.75 Å². The van der Waals surface area contributed by atoms with E-state index in [0.717, 1.165) is 23.0 Å². The molecule has 1 N–H and O–H groups in total. The second-order valence-electron chi connectivity index (χ2n) is 9.70. The van der Waals surface area contributed by atoms with Crippen LogP contribution in [0.25, 0.3) is 0 Å². The van der Waals surface area contributed by atoms with Gasteiger partial charge in [-0.3, -0.25) is 4.79 Å². The molecule has 9 nitrogen and oxygen atoms in total. The van der Waals surface area contributed by atoms with Crippen molar-refractivity contribution < 1.29 is 39.8 Å². The molecular weight excluding hydrogens is 587 g/mol. The van der Waals surface area contributed by atoms with Gasteiger partial charge in [-0.25, -0.2) is 21.9 Å². The minimum Gasteiger partial charge on any atom is -0.404 e. The molecule has 1 aromatic heterocycles. The number of nitrogens with zero attached hydrogens (tertiary/aromatic N) is 3. The van der Waals surface area contributed by atoms with E-state index in [1.165, 1.54) is 6.07 Å². The molecule has 0 spiro atoms. The number of rotatable bonds is 8. The highest BCUT2D eigenvalue weighted by molar-refractivity contribution is 7.89. The van der Waals surface area contributed by atoms with Crippen molar-refractivity contribution >= 4 is 27.3 Å². The Morgan fingerprint density at radius 1 is 1.32 bits per heavy atom. The first-order chi connectivity index (χ1) is 18.7. The Hall–Kier alpha value is -2.49. The van der Waals surface area contributed by atoms with E-state index in [2.05, 4.69) is 15.2 Å². The quantitative estimate of drug-likeness (QED) is 0.443. The van der Waals surface area contributed by atoms with Crippen molar-refractivity contribution in [2.45, 2.75) is 61.7 Å². The van der Waals surface area contributed by atoms with Crippen LogP contribution in [0, 0.1) is 0 Å². The number of hydrogen-bond donors (Lipinski definition) is 1. The van der Waals surface area contributed by atoms with Gasteiger partial charge in [-0.1, -0.05) is 24.6 Å². The minimum atomic E-state index is -5.14. The van der Waals surface area contributed by atoms with E-state index < -0.39 is 57.0 Å². The summed E-state index contributed by atoms with van der Waals surface area (Å²) in [5, 5.41) is 6.37. The van der Waals surface area contributed by atoms with Crippen molar-refractivity contribution in [2.75, 3.05) is 38.2 Å². The van der Waals surface area contributed by atoms with Crippen molar-refractivity contribution in [1.82, 2.24) is 14.1 Å². The van der Waals surface area contributed by atoms with E-state index in [0.29, 0.717) is 29.3 Å². The van der Waals surface area contributed by atoms with Crippen molar-refractivity contribution in [3.63, 3.8) is 0 Å². The van der Waals surface area contributed by atoms with Gasteiger partial charge in [-0.2, -0.15) is 9.40 Å². The van der Waals surface area contributed by atoms with Crippen LogP contribution in [0.2, 0.25) is 5.02 Å². The summed E-state index contributed by atoms with van der Waals surface area (Å²) in [4.78, 5) is 12.2. The van der Waals surface area contributed by atoms with Crippen LogP contribution in [-0.2, 0) is 21.2 Å². The molecule has 0 saturated carbocycles. The first-order valence-electron chi connectivity index (χ1n) is 12.5. The molecule has 1 aromatic carbocycles. The Balaban J connectivity index is 1.51. The molecule has 0 amide bonds. The zero-order chi connectivity index (χ0) is 29.3. The zero-order valence-corrected chi connectivity index (χ0v) is 23.0. The average molecular weight is 615 g/mol. The largest absolute Gasteiger partial charge is 0.573 e. The number of hydrogen-bond acceptors (Lipinski definition) is 7. The topological polar surface area (TPSA) is 103 Å². The fourth-order valence-corrected chi connectivity index (χ4v) is 6.53. The Bertz CT molecular complexity index is 1380. The van der Waals surface area contributed by atoms with Crippen LogP contribution in [0.1, 0.15) is 37.8 Å². The number of aryl methyl sites for hydroxylation is 1. The van der Waals surface area contributed by atoms with Gasteiger partial charge < -0.3 is 14.8 Å². The van der Waals surface area contributed by atoms with E-state index >= 15 is 4.39 Å². The van der Waals surface area contributed by atoms with Gasteiger partial charge in [-0.05, 0) is 43.4 Å². The lowest BCUT2D eigenvalue weighted by Gasteiger charge is -2.34. The minimum absolute atomic E-state index is 0.0499. The van der Waals surface area contributed by atoms with Crippen molar-refractivity contribution in [2.24, 2.45) is 0 Å². The Kier molecular flexibility index (Phi) is 8.97. The maximum absolute atomic E-state index is 15.4. The standard InChI is InChI=1S/C24H28ClF5N4O5S/c1-2-15-4-5-19(39-24(28,29)30)20(10-15)40(36,37)33-8-6-18(16(26)12-33)34-22(35)21(25)17(11-32-34)31-13-23(27)7-3-9-38-14-23/h4-5,10-11,16,18,31H,2-3,6-9,12-14H2,1H3/t16-,18-,23-/m0/s1. The first-order valence-corrected chi connectivity index (χ1v) is 14.4. The van der Waals surface area contributed by atoms with E-state index in [1.54, 1.807) is 6.92 Å². The average Bonchev–Trinajstić information content (AvgIpc) is 2.89. The van der Waals surface area contributed by atoms with Gasteiger partial charge in [0.1, 0.15) is 21.8 Å². The molecule has 2 aromatic rings. The SMILES string of the molecule is CCc1ccc(OC(F)(F)F)c(S(=O)(=O)N2CC[C@H](n3ncc(NC[C@@]4(F)CCCOC4)c(Cl)c3=O)[C@@H](F)C2)c1. The summed E-state index contributed by atoms with van der Waals surface area (Å²) in [6, 6.07) is 2.08. The van der Waals surface area contributed by atoms with Crippen LogP contribution in [0.5, 0.6) is 5.75 Å². The molecule has 0 bridgehead atoms. The second-order valence-corrected chi connectivity index (χ2v) is 12.0. The molecule has 0 aliphatic carbocycles. The summed E-state index contributed by atoms with van der Waals surface area (Å²) in [6.45, 7) is 0.799. The monoisotopic (exact) mass is 614 g/mol. The Morgan fingerprint density at radius 2 is 2.08 bits per heavy atom. The second kappa shape index (κ2) is 11.8. The van der Waals surface area contributed by atoms with Crippen molar-refractivity contribution in [3.05, 3.63) is 45.3 Å². The predicted molar refractivity (Wildman–Crippen MR) is 136 cm³/mol. The molecule has 3 atom stereocenters. The van der Waals surface area contributed by atoms with E-state index in [-0.39, 0.29) is 43.2 Å². The van der Waals surface area contributed by atoms with E-state index in [4.69, 9.17) is 16.3 Å². The molecule has 2 fully saturated rings. The summed E-state index contributed by atoms with van der Waals surface area (Å²) in [5.41, 5.74) is -2.03. The van der Waals surface area contributed by atoms with Gasteiger partial charge in [0.25, 0.3) is 5.56 Å². The number of aromatic nitrogens is 2. The van der Waals surface area contributed by atoms with E-state index in [9.17, 15) is 30.8 Å². The summed E-state index contributed by atoms with van der Waals surface area (Å²) in [7, 11) is -4.61. The Morgan fingerprint density at radius 3 is 2.70 bits per heavy atom. The van der Waals surface area contributed by atoms with Crippen LogP contribution in [0.4, 0.5) is 27.6 Å². The summed E-state index contributed by atoms with van der Waals surface area (Å²) >= 11 is 6.18.